The predicted molar refractivity (Wildman–Crippen MR) is 111 cm³/mol. The first-order chi connectivity index (χ1) is 13.1. The first-order valence-electron chi connectivity index (χ1n) is 10.3. The number of carbonyl (C=O) groups excluding carboxylic acids is 1. The molecule has 2 aromatic rings. The third kappa shape index (κ3) is 3.55. The highest BCUT2D eigenvalue weighted by atomic mass is 16.2. The Morgan fingerprint density at radius 3 is 2.89 bits per heavy atom. The lowest BCUT2D eigenvalue weighted by molar-refractivity contribution is -0.124. The Hall–Kier alpha value is -2.07. The van der Waals surface area contributed by atoms with Gasteiger partial charge in [-0.2, -0.15) is 0 Å². The molecule has 4 heteroatoms. The van der Waals surface area contributed by atoms with Gasteiger partial charge in [0.25, 0.3) is 0 Å². The van der Waals surface area contributed by atoms with Crippen LogP contribution in [0.1, 0.15) is 56.7 Å². The molecule has 1 aliphatic carbocycles. The molecular formula is C23H31N3O. The molecule has 1 amide bonds. The standard InChI is InChI=1S/C23H31N3O/c1-4-11-26-14-16-13-20(23(27)24-17-7-5-8-17)25-19(12-15(2)3)18-9-6-10-21(26)22(16)18/h4,6,9-10,14-15,17,19-20,25H,1,5,7-8,11-13H2,2-3H3,(H,24,27). The summed E-state index contributed by atoms with van der Waals surface area (Å²) in [6, 6.07) is 6.96. The molecule has 0 radical (unpaired) electrons. The quantitative estimate of drug-likeness (QED) is 0.757. The number of amides is 1. The van der Waals surface area contributed by atoms with E-state index in [0.29, 0.717) is 12.0 Å². The van der Waals surface area contributed by atoms with Crippen LogP contribution < -0.4 is 10.6 Å². The van der Waals surface area contributed by atoms with Crippen LogP contribution >= 0.6 is 0 Å². The Morgan fingerprint density at radius 1 is 1.41 bits per heavy atom. The van der Waals surface area contributed by atoms with E-state index in [-0.39, 0.29) is 18.0 Å². The molecule has 2 N–H and O–H groups in total. The summed E-state index contributed by atoms with van der Waals surface area (Å²) in [5.41, 5.74) is 3.85. The number of allylic oxidation sites excluding steroid dienone is 1. The van der Waals surface area contributed by atoms with Crippen LogP contribution in [0.5, 0.6) is 0 Å². The highest BCUT2D eigenvalue weighted by Crippen LogP contribution is 2.36. The zero-order valence-electron chi connectivity index (χ0n) is 16.5. The fraction of sp³-hybridized carbons (Fsp3) is 0.522. The average Bonchev–Trinajstić information content (AvgIpc) is 2.86. The maximum Gasteiger partial charge on any atom is 0.237 e. The van der Waals surface area contributed by atoms with Crippen molar-refractivity contribution in [3.05, 3.63) is 48.2 Å². The number of hydrogen-bond donors (Lipinski definition) is 2. The maximum atomic E-state index is 13.0. The molecule has 4 nitrogen and oxygen atoms in total. The maximum absolute atomic E-state index is 13.0. The van der Waals surface area contributed by atoms with Crippen molar-refractivity contribution in [3.8, 4) is 0 Å². The predicted octanol–water partition coefficient (Wildman–Crippen LogP) is 4.10. The Bertz CT molecular complexity index is 847. The molecule has 1 aromatic heterocycles. The highest BCUT2D eigenvalue weighted by Gasteiger charge is 2.32. The van der Waals surface area contributed by atoms with Crippen molar-refractivity contribution in [1.82, 2.24) is 15.2 Å². The fourth-order valence-corrected chi connectivity index (χ4v) is 4.50. The lowest BCUT2D eigenvalue weighted by atomic mass is 9.92. The third-order valence-electron chi connectivity index (χ3n) is 6.02. The van der Waals surface area contributed by atoms with E-state index in [0.717, 1.165) is 32.2 Å². The van der Waals surface area contributed by atoms with Gasteiger partial charge in [0.05, 0.1) is 6.04 Å². The number of carbonyl (C=O) groups is 1. The third-order valence-corrected chi connectivity index (χ3v) is 6.02. The second-order valence-electron chi connectivity index (χ2n) is 8.58. The Morgan fingerprint density at radius 2 is 2.22 bits per heavy atom. The van der Waals surface area contributed by atoms with Gasteiger partial charge in [-0.25, -0.2) is 0 Å². The van der Waals surface area contributed by atoms with Crippen LogP contribution in [0.15, 0.2) is 37.1 Å². The van der Waals surface area contributed by atoms with Crippen LogP contribution in [0.3, 0.4) is 0 Å². The van der Waals surface area contributed by atoms with E-state index in [1.807, 2.05) is 6.08 Å². The van der Waals surface area contributed by atoms with Crippen molar-refractivity contribution in [2.45, 2.75) is 70.6 Å². The molecule has 144 valence electrons. The summed E-state index contributed by atoms with van der Waals surface area (Å²) in [6.45, 7) is 9.20. The van der Waals surface area contributed by atoms with E-state index in [1.165, 1.54) is 28.5 Å². The molecule has 2 heterocycles. The summed E-state index contributed by atoms with van der Waals surface area (Å²) in [4.78, 5) is 13.0. The van der Waals surface area contributed by atoms with Gasteiger partial charge in [-0.05, 0) is 55.2 Å². The van der Waals surface area contributed by atoms with Crippen molar-refractivity contribution in [1.29, 1.82) is 0 Å². The van der Waals surface area contributed by atoms with E-state index in [9.17, 15) is 4.79 Å². The number of aromatic nitrogens is 1. The van der Waals surface area contributed by atoms with Crippen molar-refractivity contribution >= 4 is 16.8 Å². The van der Waals surface area contributed by atoms with Gasteiger partial charge in [0, 0.05) is 35.7 Å². The van der Waals surface area contributed by atoms with Crippen molar-refractivity contribution in [2.24, 2.45) is 5.92 Å². The van der Waals surface area contributed by atoms with Gasteiger partial charge in [-0.1, -0.05) is 32.1 Å². The number of rotatable bonds is 6. The van der Waals surface area contributed by atoms with E-state index < -0.39 is 0 Å². The van der Waals surface area contributed by atoms with Crippen LogP contribution in [-0.2, 0) is 17.8 Å². The van der Waals surface area contributed by atoms with Gasteiger partial charge in [0.15, 0.2) is 0 Å². The van der Waals surface area contributed by atoms with Crippen LogP contribution in [0.4, 0.5) is 0 Å². The minimum atomic E-state index is -0.176. The number of hydrogen-bond acceptors (Lipinski definition) is 2. The minimum absolute atomic E-state index is 0.158. The van der Waals surface area contributed by atoms with Crippen molar-refractivity contribution < 1.29 is 4.79 Å². The number of nitrogens with zero attached hydrogens (tertiary/aromatic N) is 1. The van der Waals surface area contributed by atoms with Crippen LogP contribution in [0.2, 0.25) is 0 Å². The molecular weight excluding hydrogens is 334 g/mol. The fourth-order valence-electron chi connectivity index (χ4n) is 4.50. The minimum Gasteiger partial charge on any atom is -0.352 e. The molecule has 0 saturated heterocycles. The zero-order chi connectivity index (χ0) is 19.0. The smallest absolute Gasteiger partial charge is 0.237 e. The topological polar surface area (TPSA) is 46.1 Å². The lowest BCUT2D eigenvalue weighted by Crippen LogP contribution is -2.51. The highest BCUT2D eigenvalue weighted by molar-refractivity contribution is 5.90. The molecule has 0 bridgehead atoms. The Labute approximate surface area is 162 Å². The van der Waals surface area contributed by atoms with Gasteiger partial charge in [0.1, 0.15) is 0 Å². The summed E-state index contributed by atoms with van der Waals surface area (Å²) in [6.07, 6.45) is 9.39. The molecule has 1 aliphatic heterocycles. The largest absolute Gasteiger partial charge is 0.352 e. The van der Waals surface area contributed by atoms with Gasteiger partial charge in [-0.3, -0.25) is 10.1 Å². The second-order valence-corrected chi connectivity index (χ2v) is 8.58. The molecule has 0 spiro atoms. The zero-order valence-corrected chi connectivity index (χ0v) is 16.5. The first kappa shape index (κ1) is 18.3. The van der Waals surface area contributed by atoms with Gasteiger partial charge < -0.3 is 9.88 Å². The molecule has 27 heavy (non-hydrogen) atoms. The molecule has 2 atom stereocenters. The van der Waals surface area contributed by atoms with Gasteiger partial charge in [-0.15, -0.1) is 6.58 Å². The molecule has 2 aliphatic rings. The molecule has 1 saturated carbocycles. The molecule has 2 unspecified atom stereocenters. The first-order valence-corrected chi connectivity index (χ1v) is 10.3. The van der Waals surface area contributed by atoms with E-state index in [4.69, 9.17) is 0 Å². The summed E-state index contributed by atoms with van der Waals surface area (Å²) >= 11 is 0. The number of nitrogens with one attached hydrogen (secondary N) is 2. The normalized spacial score (nSPS) is 22.5. The second kappa shape index (κ2) is 7.51. The monoisotopic (exact) mass is 365 g/mol. The van der Waals surface area contributed by atoms with Gasteiger partial charge in [0.2, 0.25) is 5.91 Å². The number of benzene rings is 1. The average molecular weight is 366 g/mol. The van der Waals surface area contributed by atoms with Gasteiger partial charge >= 0.3 is 0 Å². The van der Waals surface area contributed by atoms with Crippen molar-refractivity contribution in [2.75, 3.05) is 0 Å². The Kier molecular flexibility index (Phi) is 5.09. The molecule has 1 aromatic carbocycles. The molecule has 1 fully saturated rings. The Balaban J connectivity index is 1.73. The van der Waals surface area contributed by atoms with Crippen LogP contribution in [0.25, 0.3) is 10.9 Å². The van der Waals surface area contributed by atoms with Crippen LogP contribution in [-0.4, -0.2) is 22.6 Å². The van der Waals surface area contributed by atoms with Crippen molar-refractivity contribution in [3.63, 3.8) is 0 Å². The summed E-state index contributed by atoms with van der Waals surface area (Å²) in [7, 11) is 0. The van der Waals surface area contributed by atoms with Crippen LogP contribution in [0, 0.1) is 5.92 Å². The SMILES string of the molecule is C=CCn1cc2c3c(cccc31)C(CC(C)C)NC(C(=O)NC1CCC1)C2. The molecule has 4 rings (SSSR count). The lowest BCUT2D eigenvalue weighted by Gasteiger charge is -2.30. The van der Waals surface area contributed by atoms with E-state index in [2.05, 4.69) is 60.0 Å². The van der Waals surface area contributed by atoms with E-state index in [1.54, 1.807) is 0 Å². The summed E-state index contributed by atoms with van der Waals surface area (Å²) < 4.78 is 2.26. The summed E-state index contributed by atoms with van der Waals surface area (Å²) in [5.74, 6) is 0.718. The summed E-state index contributed by atoms with van der Waals surface area (Å²) in [5, 5.41) is 8.29. The van der Waals surface area contributed by atoms with E-state index >= 15 is 0 Å².